The summed E-state index contributed by atoms with van der Waals surface area (Å²) in [6.45, 7) is 0. The van der Waals surface area contributed by atoms with Crippen LogP contribution in [0.4, 0.5) is 0 Å². The van der Waals surface area contributed by atoms with E-state index < -0.39 is 0 Å². The van der Waals surface area contributed by atoms with Gasteiger partial charge in [-0.2, -0.15) is 4.80 Å². The molecule has 2 aromatic heterocycles. The van der Waals surface area contributed by atoms with Crippen LogP contribution in [-0.4, -0.2) is 26.5 Å². The third kappa shape index (κ3) is 1.22. The van der Waals surface area contributed by atoms with E-state index in [4.69, 9.17) is 4.42 Å². The Morgan fingerprint density at radius 3 is 3.08 bits per heavy atom. The summed E-state index contributed by atoms with van der Waals surface area (Å²) in [6, 6.07) is 1.63. The molecule has 2 rings (SSSR count). The molecule has 0 spiro atoms. The molecule has 0 atom stereocenters. The van der Waals surface area contributed by atoms with Crippen LogP contribution in [0.3, 0.4) is 0 Å². The van der Waals surface area contributed by atoms with E-state index in [-0.39, 0.29) is 5.76 Å². The largest absolute Gasteiger partial charge is 0.461 e. The van der Waals surface area contributed by atoms with Gasteiger partial charge in [0.2, 0.25) is 5.82 Å². The fraction of sp³-hybridized carbons (Fsp3) is 0.143. The lowest BCUT2D eigenvalue weighted by Gasteiger charge is -1.86. The molecule has 13 heavy (non-hydrogen) atoms. The number of furan rings is 1. The fourth-order valence-corrected chi connectivity index (χ4v) is 0.989. The Labute approximate surface area is 73.2 Å². The van der Waals surface area contributed by atoms with Crippen molar-refractivity contribution in [2.75, 3.05) is 0 Å². The van der Waals surface area contributed by atoms with E-state index in [1.54, 1.807) is 13.1 Å². The third-order valence-corrected chi connectivity index (χ3v) is 1.55. The summed E-state index contributed by atoms with van der Waals surface area (Å²) in [5.74, 6) is 0.603. The molecule has 2 heterocycles. The molecule has 0 aliphatic carbocycles. The Hall–Kier alpha value is -1.98. The maximum atomic E-state index is 10.5. The van der Waals surface area contributed by atoms with Gasteiger partial charge in [0.1, 0.15) is 0 Å². The number of tetrazole rings is 1. The molecule has 6 nitrogen and oxygen atoms in total. The van der Waals surface area contributed by atoms with Crippen molar-refractivity contribution in [3.05, 3.63) is 18.1 Å². The first-order valence-corrected chi connectivity index (χ1v) is 3.58. The van der Waals surface area contributed by atoms with Crippen molar-refractivity contribution in [1.82, 2.24) is 20.2 Å². The molecule has 0 aliphatic heterocycles. The molecule has 2 aromatic rings. The van der Waals surface area contributed by atoms with Gasteiger partial charge in [-0.05, 0) is 11.3 Å². The molecule has 0 saturated carbocycles. The summed E-state index contributed by atoms with van der Waals surface area (Å²) in [6.07, 6.45) is 2.03. The van der Waals surface area contributed by atoms with Gasteiger partial charge in [0.25, 0.3) is 0 Å². The van der Waals surface area contributed by atoms with E-state index in [0.29, 0.717) is 17.7 Å². The number of aromatic nitrogens is 4. The highest BCUT2D eigenvalue weighted by atomic mass is 16.3. The standard InChI is InChI=1S/C7H6N4O2/c1-11-9-7(8-10-11)5-2-3-13-6(5)4-12/h2-4H,1H3. The molecule has 0 N–H and O–H groups in total. The van der Waals surface area contributed by atoms with Gasteiger partial charge < -0.3 is 4.42 Å². The molecule has 0 unspecified atom stereocenters. The maximum absolute atomic E-state index is 10.5. The zero-order valence-electron chi connectivity index (χ0n) is 6.84. The van der Waals surface area contributed by atoms with Crippen LogP contribution in [0, 0.1) is 0 Å². The quantitative estimate of drug-likeness (QED) is 0.617. The normalized spacial score (nSPS) is 10.2. The maximum Gasteiger partial charge on any atom is 0.208 e. The minimum Gasteiger partial charge on any atom is -0.461 e. The molecule has 66 valence electrons. The smallest absolute Gasteiger partial charge is 0.208 e. The van der Waals surface area contributed by atoms with Crippen molar-refractivity contribution in [1.29, 1.82) is 0 Å². The van der Waals surface area contributed by atoms with Crippen molar-refractivity contribution in [2.24, 2.45) is 7.05 Å². The number of rotatable bonds is 2. The Morgan fingerprint density at radius 1 is 1.62 bits per heavy atom. The topological polar surface area (TPSA) is 73.8 Å². The summed E-state index contributed by atoms with van der Waals surface area (Å²) in [5.41, 5.74) is 0.558. The highest BCUT2D eigenvalue weighted by Gasteiger charge is 2.11. The van der Waals surface area contributed by atoms with Crippen LogP contribution in [0.25, 0.3) is 11.4 Å². The molecule has 0 amide bonds. The summed E-state index contributed by atoms with van der Waals surface area (Å²) in [4.78, 5) is 11.8. The first-order chi connectivity index (χ1) is 6.31. The van der Waals surface area contributed by atoms with Crippen LogP contribution in [0.2, 0.25) is 0 Å². The summed E-state index contributed by atoms with van der Waals surface area (Å²) < 4.78 is 4.89. The lowest BCUT2D eigenvalue weighted by molar-refractivity contribution is 0.110. The SMILES string of the molecule is Cn1nnc(-c2ccoc2C=O)n1. The first kappa shape index (κ1) is 7.66. The molecule has 0 fully saturated rings. The summed E-state index contributed by atoms with van der Waals surface area (Å²) in [7, 11) is 1.65. The van der Waals surface area contributed by atoms with Crippen LogP contribution in [0.1, 0.15) is 10.6 Å². The van der Waals surface area contributed by atoms with Crippen molar-refractivity contribution < 1.29 is 9.21 Å². The highest BCUT2D eigenvalue weighted by molar-refractivity contribution is 5.81. The predicted molar refractivity (Wildman–Crippen MR) is 41.9 cm³/mol. The molecular weight excluding hydrogens is 172 g/mol. The number of aldehydes is 1. The number of carbonyl (C=O) groups excluding carboxylic acids is 1. The van der Waals surface area contributed by atoms with E-state index >= 15 is 0 Å². The Kier molecular flexibility index (Phi) is 1.66. The summed E-state index contributed by atoms with van der Waals surface area (Å²) in [5, 5.41) is 11.3. The van der Waals surface area contributed by atoms with Crippen molar-refractivity contribution in [2.45, 2.75) is 0 Å². The molecule has 0 radical (unpaired) electrons. The Morgan fingerprint density at radius 2 is 2.46 bits per heavy atom. The average Bonchev–Trinajstić information content (AvgIpc) is 2.71. The average molecular weight is 178 g/mol. The minimum atomic E-state index is 0.216. The van der Waals surface area contributed by atoms with E-state index in [2.05, 4.69) is 15.4 Å². The van der Waals surface area contributed by atoms with Crippen LogP contribution >= 0.6 is 0 Å². The van der Waals surface area contributed by atoms with Gasteiger partial charge in [0.05, 0.1) is 18.9 Å². The van der Waals surface area contributed by atoms with E-state index in [1.165, 1.54) is 11.1 Å². The first-order valence-electron chi connectivity index (χ1n) is 3.58. The number of carbonyl (C=O) groups is 1. The van der Waals surface area contributed by atoms with Crippen LogP contribution in [-0.2, 0) is 7.05 Å². The van der Waals surface area contributed by atoms with E-state index in [0.717, 1.165) is 0 Å². The second kappa shape index (κ2) is 2.81. The molecule has 0 aliphatic rings. The van der Waals surface area contributed by atoms with Crippen molar-refractivity contribution >= 4 is 6.29 Å². The van der Waals surface area contributed by atoms with Gasteiger partial charge in [0.15, 0.2) is 12.0 Å². The molecule has 0 bridgehead atoms. The third-order valence-electron chi connectivity index (χ3n) is 1.55. The zero-order valence-corrected chi connectivity index (χ0v) is 6.84. The highest BCUT2D eigenvalue weighted by Crippen LogP contribution is 2.18. The van der Waals surface area contributed by atoms with Gasteiger partial charge in [-0.25, -0.2) is 0 Å². The van der Waals surface area contributed by atoms with Gasteiger partial charge in [-0.15, -0.1) is 10.2 Å². The fourth-order valence-electron chi connectivity index (χ4n) is 0.989. The number of hydrogen-bond donors (Lipinski definition) is 0. The number of nitrogens with zero attached hydrogens (tertiary/aromatic N) is 4. The Balaban J connectivity index is 2.51. The number of aryl methyl sites for hydroxylation is 1. The molecular formula is C7H6N4O2. The van der Waals surface area contributed by atoms with Gasteiger partial charge in [0, 0.05) is 0 Å². The monoisotopic (exact) mass is 178 g/mol. The van der Waals surface area contributed by atoms with Crippen LogP contribution in [0.15, 0.2) is 16.7 Å². The van der Waals surface area contributed by atoms with Crippen molar-refractivity contribution in [3.63, 3.8) is 0 Å². The van der Waals surface area contributed by atoms with Gasteiger partial charge >= 0.3 is 0 Å². The van der Waals surface area contributed by atoms with Gasteiger partial charge in [-0.3, -0.25) is 4.79 Å². The number of hydrogen-bond acceptors (Lipinski definition) is 5. The lowest BCUT2D eigenvalue weighted by atomic mass is 10.2. The van der Waals surface area contributed by atoms with Crippen LogP contribution in [0.5, 0.6) is 0 Å². The van der Waals surface area contributed by atoms with Crippen molar-refractivity contribution in [3.8, 4) is 11.4 Å². The minimum absolute atomic E-state index is 0.216. The molecule has 6 heteroatoms. The second-order valence-electron chi connectivity index (χ2n) is 2.42. The van der Waals surface area contributed by atoms with Crippen LogP contribution < -0.4 is 0 Å². The Bertz CT molecular complexity index is 431. The second-order valence-corrected chi connectivity index (χ2v) is 2.42. The van der Waals surface area contributed by atoms with Gasteiger partial charge in [-0.1, -0.05) is 0 Å². The lowest BCUT2D eigenvalue weighted by Crippen LogP contribution is -1.92. The van der Waals surface area contributed by atoms with E-state index in [9.17, 15) is 4.79 Å². The van der Waals surface area contributed by atoms with E-state index in [1.807, 2.05) is 0 Å². The molecule has 0 saturated heterocycles. The molecule has 0 aromatic carbocycles. The summed E-state index contributed by atoms with van der Waals surface area (Å²) >= 11 is 0. The predicted octanol–water partition coefficient (Wildman–Crippen LogP) is 0.283. The zero-order chi connectivity index (χ0) is 9.26.